The van der Waals surface area contributed by atoms with E-state index in [0.29, 0.717) is 17.1 Å². The van der Waals surface area contributed by atoms with E-state index in [1.165, 1.54) is 31.4 Å². The van der Waals surface area contributed by atoms with E-state index in [1.54, 1.807) is 24.3 Å². The number of phenolic OH excluding ortho intramolecular Hbond substituents is 1. The Balaban J connectivity index is 2.18. The molecular weight excluding hydrogens is 232 g/mol. The summed E-state index contributed by atoms with van der Waals surface area (Å²) in [6.45, 7) is 0. The molecule has 2 aromatic rings. The van der Waals surface area contributed by atoms with Crippen molar-refractivity contribution in [1.29, 1.82) is 0 Å². The smallest absolute Gasteiger partial charge is 0.343 e. The van der Waals surface area contributed by atoms with Gasteiger partial charge in [-0.05, 0) is 36.4 Å². The average molecular weight is 244 g/mol. The maximum absolute atomic E-state index is 11.8. The molecule has 2 aromatic carbocycles. The summed E-state index contributed by atoms with van der Waals surface area (Å²) < 4.78 is 10.3. The Morgan fingerprint density at radius 2 is 1.61 bits per heavy atom. The molecule has 0 amide bonds. The van der Waals surface area contributed by atoms with E-state index in [2.05, 4.69) is 0 Å². The molecule has 0 fully saturated rings. The molecule has 92 valence electrons. The largest absolute Gasteiger partial charge is 0.508 e. The van der Waals surface area contributed by atoms with Crippen LogP contribution >= 0.6 is 0 Å². The van der Waals surface area contributed by atoms with Gasteiger partial charge in [-0.1, -0.05) is 12.1 Å². The monoisotopic (exact) mass is 244 g/mol. The number of carbonyl (C=O) groups excluding carboxylic acids is 1. The summed E-state index contributed by atoms with van der Waals surface area (Å²) in [6.07, 6.45) is 0. The minimum absolute atomic E-state index is 0.101. The number of aromatic hydroxyl groups is 1. The Morgan fingerprint density at radius 1 is 1.00 bits per heavy atom. The lowest BCUT2D eigenvalue weighted by molar-refractivity contribution is 0.0730. The van der Waals surface area contributed by atoms with Crippen LogP contribution in [0.4, 0.5) is 0 Å². The first kappa shape index (κ1) is 12.0. The molecule has 2 rings (SSSR count). The van der Waals surface area contributed by atoms with Crippen LogP contribution < -0.4 is 9.47 Å². The highest BCUT2D eigenvalue weighted by molar-refractivity contribution is 5.91. The van der Waals surface area contributed by atoms with E-state index in [9.17, 15) is 4.79 Å². The van der Waals surface area contributed by atoms with E-state index in [0.717, 1.165) is 0 Å². The normalized spacial score (nSPS) is 9.83. The van der Waals surface area contributed by atoms with Crippen molar-refractivity contribution in [3.05, 3.63) is 54.1 Å². The number of ether oxygens (including phenoxy) is 2. The lowest BCUT2D eigenvalue weighted by atomic mass is 10.2. The van der Waals surface area contributed by atoms with Gasteiger partial charge in [0.15, 0.2) is 11.5 Å². The van der Waals surface area contributed by atoms with Crippen LogP contribution in [-0.2, 0) is 0 Å². The van der Waals surface area contributed by atoms with Gasteiger partial charge in [-0.25, -0.2) is 4.79 Å². The van der Waals surface area contributed by atoms with Crippen molar-refractivity contribution >= 4 is 5.97 Å². The molecule has 0 aliphatic rings. The fourth-order valence-electron chi connectivity index (χ4n) is 1.46. The second-order valence-electron chi connectivity index (χ2n) is 3.59. The van der Waals surface area contributed by atoms with Crippen LogP contribution in [0.2, 0.25) is 0 Å². The maximum atomic E-state index is 11.8. The van der Waals surface area contributed by atoms with Gasteiger partial charge in [0.1, 0.15) is 5.75 Å². The highest BCUT2D eigenvalue weighted by Gasteiger charge is 2.11. The fourth-order valence-corrected chi connectivity index (χ4v) is 1.46. The SMILES string of the molecule is COc1ccccc1OC(=O)c1ccc(O)cc1. The molecule has 0 heterocycles. The predicted octanol–water partition coefficient (Wildman–Crippen LogP) is 2.62. The van der Waals surface area contributed by atoms with Crippen LogP contribution in [0.1, 0.15) is 10.4 Å². The third-order valence-electron chi connectivity index (χ3n) is 2.37. The lowest BCUT2D eigenvalue weighted by Gasteiger charge is -2.08. The average Bonchev–Trinajstić information content (AvgIpc) is 2.40. The summed E-state index contributed by atoms with van der Waals surface area (Å²) in [7, 11) is 1.51. The van der Waals surface area contributed by atoms with Crippen LogP contribution in [0.5, 0.6) is 17.2 Å². The van der Waals surface area contributed by atoms with Crippen molar-refractivity contribution in [3.8, 4) is 17.2 Å². The van der Waals surface area contributed by atoms with Crippen molar-refractivity contribution in [2.45, 2.75) is 0 Å². The molecule has 0 saturated heterocycles. The highest BCUT2D eigenvalue weighted by atomic mass is 16.6. The Kier molecular flexibility index (Phi) is 3.48. The van der Waals surface area contributed by atoms with E-state index in [1.807, 2.05) is 0 Å². The first-order valence-corrected chi connectivity index (χ1v) is 5.35. The molecule has 0 spiro atoms. The summed E-state index contributed by atoms with van der Waals surface area (Å²) in [5.41, 5.74) is 0.360. The molecule has 4 heteroatoms. The fraction of sp³-hybridized carbons (Fsp3) is 0.0714. The van der Waals surface area contributed by atoms with Gasteiger partial charge in [0.05, 0.1) is 12.7 Å². The van der Waals surface area contributed by atoms with Gasteiger partial charge in [-0.3, -0.25) is 0 Å². The van der Waals surface area contributed by atoms with Crippen LogP contribution in [0.3, 0.4) is 0 Å². The molecule has 0 atom stereocenters. The summed E-state index contributed by atoms with van der Waals surface area (Å²) in [4.78, 5) is 11.8. The number of benzene rings is 2. The third-order valence-corrected chi connectivity index (χ3v) is 2.37. The van der Waals surface area contributed by atoms with Gasteiger partial charge in [-0.2, -0.15) is 0 Å². The van der Waals surface area contributed by atoms with Crippen molar-refractivity contribution in [1.82, 2.24) is 0 Å². The van der Waals surface area contributed by atoms with Gasteiger partial charge >= 0.3 is 5.97 Å². The Labute approximate surface area is 104 Å². The summed E-state index contributed by atoms with van der Waals surface area (Å²) in [5, 5.41) is 9.14. The molecule has 18 heavy (non-hydrogen) atoms. The zero-order chi connectivity index (χ0) is 13.0. The van der Waals surface area contributed by atoms with E-state index >= 15 is 0 Å². The number of carbonyl (C=O) groups is 1. The zero-order valence-corrected chi connectivity index (χ0v) is 9.79. The quantitative estimate of drug-likeness (QED) is 0.666. The van der Waals surface area contributed by atoms with Gasteiger partial charge in [-0.15, -0.1) is 0 Å². The summed E-state index contributed by atoms with van der Waals surface area (Å²) >= 11 is 0. The summed E-state index contributed by atoms with van der Waals surface area (Å²) in [5.74, 6) is 0.450. The molecule has 0 saturated carbocycles. The molecule has 0 aliphatic carbocycles. The molecule has 0 aromatic heterocycles. The minimum atomic E-state index is -0.500. The second-order valence-corrected chi connectivity index (χ2v) is 3.59. The zero-order valence-electron chi connectivity index (χ0n) is 9.79. The molecule has 0 aliphatic heterocycles. The van der Waals surface area contributed by atoms with Crippen LogP contribution in [0, 0.1) is 0 Å². The van der Waals surface area contributed by atoms with E-state index in [-0.39, 0.29) is 5.75 Å². The number of rotatable bonds is 3. The number of para-hydroxylation sites is 2. The number of methoxy groups -OCH3 is 1. The minimum Gasteiger partial charge on any atom is -0.508 e. The molecule has 1 N–H and O–H groups in total. The van der Waals surface area contributed by atoms with Crippen LogP contribution in [-0.4, -0.2) is 18.2 Å². The standard InChI is InChI=1S/C14H12O4/c1-17-12-4-2-3-5-13(12)18-14(16)10-6-8-11(15)9-7-10/h2-9,15H,1H3. The van der Waals surface area contributed by atoms with Crippen molar-refractivity contribution in [3.63, 3.8) is 0 Å². The van der Waals surface area contributed by atoms with Gasteiger partial charge in [0.2, 0.25) is 0 Å². The van der Waals surface area contributed by atoms with Crippen molar-refractivity contribution < 1.29 is 19.4 Å². The molecule has 0 unspecified atom stereocenters. The van der Waals surface area contributed by atoms with Crippen molar-refractivity contribution in [2.24, 2.45) is 0 Å². The number of hydrogen-bond acceptors (Lipinski definition) is 4. The summed E-state index contributed by atoms with van der Waals surface area (Å²) in [6, 6.07) is 12.7. The first-order chi connectivity index (χ1) is 8.70. The Bertz CT molecular complexity index is 546. The van der Waals surface area contributed by atoms with Gasteiger partial charge in [0.25, 0.3) is 0 Å². The Morgan fingerprint density at radius 3 is 2.22 bits per heavy atom. The third kappa shape index (κ3) is 2.60. The van der Waals surface area contributed by atoms with E-state index in [4.69, 9.17) is 14.6 Å². The molecule has 0 radical (unpaired) electrons. The topological polar surface area (TPSA) is 55.8 Å². The Hall–Kier alpha value is -2.49. The number of hydrogen-bond donors (Lipinski definition) is 1. The van der Waals surface area contributed by atoms with Gasteiger partial charge in [0, 0.05) is 0 Å². The van der Waals surface area contributed by atoms with Crippen molar-refractivity contribution in [2.75, 3.05) is 7.11 Å². The second kappa shape index (κ2) is 5.23. The predicted molar refractivity (Wildman–Crippen MR) is 66.1 cm³/mol. The molecule has 0 bridgehead atoms. The maximum Gasteiger partial charge on any atom is 0.343 e. The molecule has 4 nitrogen and oxygen atoms in total. The van der Waals surface area contributed by atoms with Crippen LogP contribution in [0.15, 0.2) is 48.5 Å². The van der Waals surface area contributed by atoms with E-state index < -0.39 is 5.97 Å². The van der Waals surface area contributed by atoms with Crippen LogP contribution in [0.25, 0.3) is 0 Å². The molecular formula is C14H12O4. The van der Waals surface area contributed by atoms with Gasteiger partial charge < -0.3 is 14.6 Å². The number of esters is 1. The lowest BCUT2D eigenvalue weighted by Crippen LogP contribution is -2.08. The highest BCUT2D eigenvalue weighted by Crippen LogP contribution is 2.26. The number of phenols is 1. The first-order valence-electron chi connectivity index (χ1n) is 5.35.